The monoisotopic (exact) mass is 678 g/mol. The van der Waals surface area contributed by atoms with Crippen molar-refractivity contribution >= 4 is 23.3 Å². The Bertz CT molecular complexity index is 2410. The summed E-state index contributed by atoms with van der Waals surface area (Å²) < 4.78 is 23.9. The van der Waals surface area contributed by atoms with Gasteiger partial charge < -0.3 is 18.9 Å². The van der Waals surface area contributed by atoms with Gasteiger partial charge in [-0.25, -0.2) is 15.0 Å². The van der Waals surface area contributed by atoms with E-state index in [0.717, 1.165) is 50.4 Å². The van der Waals surface area contributed by atoms with E-state index in [1.165, 1.54) is 0 Å². The molecule has 0 saturated heterocycles. The van der Waals surface area contributed by atoms with Crippen LogP contribution >= 0.6 is 0 Å². The molecule has 4 aliphatic rings. The number of ether oxygens (including phenoxy) is 4. The van der Waals surface area contributed by atoms with E-state index in [1.54, 1.807) is 0 Å². The summed E-state index contributed by atoms with van der Waals surface area (Å²) >= 11 is 0. The van der Waals surface area contributed by atoms with Crippen LogP contribution in [0.25, 0.3) is 11.1 Å². The fraction of sp³-hybridized carbons (Fsp3) is 0.0909. The van der Waals surface area contributed by atoms with Gasteiger partial charge in [0.1, 0.15) is 0 Å². The van der Waals surface area contributed by atoms with Crippen molar-refractivity contribution in [2.45, 2.75) is 11.3 Å². The molecule has 8 heteroatoms. The summed E-state index contributed by atoms with van der Waals surface area (Å²) in [5.74, 6) is 2.54. The minimum Gasteiger partial charge on any atom is -0.454 e. The molecule has 10 rings (SSSR count). The van der Waals surface area contributed by atoms with Crippen LogP contribution in [0.4, 0.5) is 0 Å². The molecule has 6 aromatic rings. The summed E-state index contributed by atoms with van der Waals surface area (Å²) in [4.78, 5) is 22.5. The molecule has 8 nitrogen and oxygen atoms in total. The van der Waals surface area contributed by atoms with Gasteiger partial charge in [0.25, 0.3) is 0 Å². The molecule has 0 bridgehead atoms. The number of rotatable bonds is 7. The third kappa shape index (κ3) is 4.68. The molecule has 0 amide bonds. The molecule has 1 atom stereocenters. The molecule has 0 spiro atoms. The standard InChI is InChI=1S/C44H30N4O4/c1-5-13-29(14-6-1)35-23-34(25-39-42(35)52-28-51-39)43(45-26-36(46-43)30-15-7-2-8-16-30)44(33-21-22-37-38(24-33)50-27-49-37)47-40(31-17-9-3-10-18-31)41(48-44)32-19-11-4-12-20-32/h1-26H,27-28H2. The van der Waals surface area contributed by atoms with Gasteiger partial charge in [-0.3, -0.25) is 4.99 Å². The quantitative estimate of drug-likeness (QED) is 0.170. The molecule has 6 aromatic carbocycles. The molecule has 52 heavy (non-hydrogen) atoms. The van der Waals surface area contributed by atoms with Gasteiger partial charge in [0.15, 0.2) is 23.0 Å². The SMILES string of the molecule is C1=NC(c2cc3c(c(-c4ccccc4)c2)OCO3)(C2(c3ccc4c(c3)OCO4)N=C(c3ccccc3)C(c3ccccc3)=N2)N=C1c1ccccc1. The maximum atomic E-state index is 6.13. The molecule has 250 valence electrons. The van der Waals surface area contributed by atoms with Crippen molar-refractivity contribution in [2.75, 3.05) is 13.6 Å². The van der Waals surface area contributed by atoms with Gasteiger partial charge in [0, 0.05) is 33.4 Å². The van der Waals surface area contributed by atoms with E-state index >= 15 is 0 Å². The Balaban J connectivity index is 1.32. The van der Waals surface area contributed by atoms with Crippen LogP contribution in [0.2, 0.25) is 0 Å². The Morgan fingerprint density at radius 3 is 1.62 bits per heavy atom. The first-order valence-corrected chi connectivity index (χ1v) is 17.1. The van der Waals surface area contributed by atoms with Crippen LogP contribution in [0.15, 0.2) is 172 Å². The molecule has 0 N–H and O–H groups in total. The zero-order chi connectivity index (χ0) is 34.5. The van der Waals surface area contributed by atoms with Gasteiger partial charge in [-0.15, -0.1) is 0 Å². The Hall–Kier alpha value is -6.80. The average molecular weight is 679 g/mol. The van der Waals surface area contributed by atoms with Crippen molar-refractivity contribution in [2.24, 2.45) is 20.0 Å². The maximum Gasteiger partial charge on any atom is 0.231 e. The Kier molecular flexibility index (Phi) is 6.89. The van der Waals surface area contributed by atoms with Crippen LogP contribution in [-0.2, 0) is 11.3 Å². The normalized spacial score (nSPS) is 19.0. The van der Waals surface area contributed by atoms with Crippen molar-refractivity contribution in [1.29, 1.82) is 0 Å². The predicted molar refractivity (Wildman–Crippen MR) is 201 cm³/mol. The van der Waals surface area contributed by atoms with Crippen LogP contribution in [0.3, 0.4) is 0 Å². The zero-order valence-electron chi connectivity index (χ0n) is 27.8. The largest absolute Gasteiger partial charge is 0.454 e. The molecule has 1 unspecified atom stereocenters. The van der Waals surface area contributed by atoms with E-state index in [0.29, 0.717) is 28.7 Å². The van der Waals surface area contributed by atoms with Crippen molar-refractivity contribution in [1.82, 2.24) is 0 Å². The predicted octanol–water partition coefficient (Wildman–Crippen LogP) is 8.38. The van der Waals surface area contributed by atoms with Crippen molar-refractivity contribution in [3.8, 4) is 34.1 Å². The van der Waals surface area contributed by atoms with Gasteiger partial charge in [-0.05, 0) is 29.8 Å². The van der Waals surface area contributed by atoms with Crippen molar-refractivity contribution in [3.05, 3.63) is 179 Å². The smallest absolute Gasteiger partial charge is 0.231 e. The topological polar surface area (TPSA) is 86.4 Å². The summed E-state index contributed by atoms with van der Waals surface area (Å²) in [6, 6.07) is 50.4. The maximum absolute atomic E-state index is 6.13. The molecule has 0 aromatic heterocycles. The summed E-state index contributed by atoms with van der Waals surface area (Å²) in [5, 5.41) is 0. The number of nitrogens with zero attached hydrogens (tertiary/aromatic N) is 4. The summed E-state index contributed by atoms with van der Waals surface area (Å²) in [6.07, 6.45) is 1.84. The molecule has 0 fully saturated rings. The highest BCUT2D eigenvalue weighted by molar-refractivity contribution is 6.54. The second-order valence-corrected chi connectivity index (χ2v) is 12.8. The number of aliphatic imine (C=N–C) groups is 4. The van der Waals surface area contributed by atoms with Crippen LogP contribution in [-0.4, -0.2) is 36.9 Å². The van der Waals surface area contributed by atoms with Gasteiger partial charge in [0.2, 0.25) is 24.9 Å². The molecule has 0 aliphatic carbocycles. The first-order chi connectivity index (χ1) is 25.7. The van der Waals surface area contributed by atoms with E-state index in [9.17, 15) is 0 Å². The summed E-state index contributed by atoms with van der Waals surface area (Å²) in [5.41, 5.74) is 5.34. The first-order valence-electron chi connectivity index (χ1n) is 17.1. The molecule has 4 heterocycles. The molecular formula is C44H30N4O4. The minimum atomic E-state index is -1.46. The first kappa shape index (κ1) is 30.1. The van der Waals surface area contributed by atoms with E-state index in [1.807, 2.05) is 115 Å². The van der Waals surface area contributed by atoms with Gasteiger partial charge in [-0.1, -0.05) is 127 Å². The van der Waals surface area contributed by atoms with Crippen LogP contribution in [0, 0.1) is 0 Å². The number of hydrogen-bond acceptors (Lipinski definition) is 8. The van der Waals surface area contributed by atoms with Crippen molar-refractivity contribution < 1.29 is 18.9 Å². The minimum absolute atomic E-state index is 0.105. The summed E-state index contributed by atoms with van der Waals surface area (Å²) in [7, 11) is 0. The third-order valence-corrected chi connectivity index (χ3v) is 9.81. The number of fused-ring (bicyclic) bond motifs is 2. The fourth-order valence-electron chi connectivity index (χ4n) is 7.34. The lowest BCUT2D eigenvalue weighted by Crippen LogP contribution is -2.43. The number of hydrogen-bond donors (Lipinski definition) is 0. The van der Waals surface area contributed by atoms with Crippen LogP contribution < -0.4 is 18.9 Å². The van der Waals surface area contributed by atoms with E-state index in [4.69, 9.17) is 38.9 Å². The number of benzene rings is 6. The average Bonchev–Trinajstić information content (AvgIpc) is 4.05. The van der Waals surface area contributed by atoms with Gasteiger partial charge in [0.05, 0.1) is 23.3 Å². The fourth-order valence-corrected chi connectivity index (χ4v) is 7.34. The summed E-state index contributed by atoms with van der Waals surface area (Å²) in [6.45, 7) is 0.235. The van der Waals surface area contributed by atoms with Crippen LogP contribution in [0.1, 0.15) is 27.8 Å². The van der Waals surface area contributed by atoms with Crippen molar-refractivity contribution in [3.63, 3.8) is 0 Å². The lowest BCUT2D eigenvalue weighted by atomic mass is 9.80. The lowest BCUT2D eigenvalue weighted by molar-refractivity contribution is 0.173. The second-order valence-electron chi connectivity index (χ2n) is 12.8. The third-order valence-electron chi connectivity index (χ3n) is 9.81. The molecule has 0 saturated carbocycles. The molecule has 4 aliphatic heterocycles. The highest BCUT2D eigenvalue weighted by atomic mass is 16.7. The van der Waals surface area contributed by atoms with Gasteiger partial charge >= 0.3 is 0 Å². The molecular weight excluding hydrogens is 649 g/mol. The van der Waals surface area contributed by atoms with E-state index < -0.39 is 11.3 Å². The van der Waals surface area contributed by atoms with Crippen LogP contribution in [0.5, 0.6) is 23.0 Å². The Labute approximate surface area is 300 Å². The lowest BCUT2D eigenvalue weighted by Gasteiger charge is -2.38. The second kappa shape index (κ2) is 11.9. The van der Waals surface area contributed by atoms with E-state index in [-0.39, 0.29) is 13.6 Å². The van der Waals surface area contributed by atoms with Gasteiger partial charge in [-0.2, -0.15) is 0 Å². The Morgan fingerprint density at radius 2 is 0.962 bits per heavy atom. The zero-order valence-corrected chi connectivity index (χ0v) is 27.8. The Morgan fingerprint density at radius 1 is 0.423 bits per heavy atom. The van der Waals surface area contributed by atoms with E-state index in [2.05, 4.69) is 42.5 Å². The molecule has 0 radical (unpaired) electrons. The highest BCUT2D eigenvalue weighted by Crippen LogP contribution is 2.57. The highest BCUT2D eigenvalue weighted by Gasteiger charge is 2.60.